The molecule has 2 rings (SSSR count). The van der Waals surface area contributed by atoms with Crippen LogP contribution in [0, 0.1) is 0 Å². The number of nitrogen functional groups attached to an aromatic ring is 1. The van der Waals surface area contributed by atoms with Gasteiger partial charge in [0.25, 0.3) is 5.91 Å². The topological polar surface area (TPSA) is 75.4 Å². The Hall–Kier alpha value is -1.75. The van der Waals surface area contributed by atoms with Crippen LogP contribution in [0.15, 0.2) is 18.2 Å². The first-order valence-electron chi connectivity index (χ1n) is 6.59. The third kappa shape index (κ3) is 3.42. The summed E-state index contributed by atoms with van der Waals surface area (Å²) in [6.07, 6.45) is 1.77. The zero-order valence-electron chi connectivity index (χ0n) is 11.4. The van der Waals surface area contributed by atoms with E-state index >= 15 is 0 Å². The zero-order chi connectivity index (χ0) is 14.7. The number of halogens is 1. The smallest absolute Gasteiger partial charge is 0.253 e. The number of rotatable bonds is 2. The summed E-state index contributed by atoms with van der Waals surface area (Å²) in [5.41, 5.74) is 6.62. The molecule has 0 radical (unpaired) electrons. The highest BCUT2D eigenvalue weighted by Crippen LogP contribution is 2.21. The van der Waals surface area contributed by atoms with Crippen molar-refractivity contribution < 1.29 is 9.59 Å². The Morgan fingerprint density at radius 3 is 2.85 bits per heavy atom. The number of hydrogen-bond donors (Lipinski definition) is 2. The van der Waals surface area contributed by atoms with E-state index in [-0.39, 0.29) is 17.9 Å². The minimum Gasteiger partial charge on any atom is -0.398 e. The van der Waals surface area contributed by atoms with Gasteiger partial charge >= 0.3 is 0 Å². The summed E-state index contributed by atoms with van der Waals surface area (Å²) in [6.45, 7) is 2.71. The molecule has 3 N–H and O–H groups in total. The Labute approximate surface area is 123 Å². The lowest BCUT2D eigenvalue weighted by molar-refractivity contribution is -0.120. The molecule has 6 heteroatoms. The van der Waals surface area contributed by atoms with Crippen LogP contribution in [0.1, 0.15) is 30.1 Å². The van der Waals surface area contributed by atoms with Crippen LogP contribution in [-0.2, 0) is 4.79 Å². The van der Waals surface area contributed by atoms with Gasteiger partial charge in [0, 0.05) is 31.6 Å². The molecule has 1 heterocycles. The van der Waals surface area contributed by atoms with Gasteiger partial charge in [-0.1, -0.05) is 11.6 Å². The number of anilines is 1. The van der Waals surface area contributed by atoms with Gasteiger partial charge in [-0.25, -0.2) is 0 Å². The third-order valence-electron chi connectivity index (χ3n) is 3.36. The van der Waals surface area contributed by atoms with Crippen molar-refractivity contribution in [3.8, 4) is 0 Å². The molecule has 0 bridgehead atoms. The fourth-order valence-electron chi connectivity index (χ4n) is 2.41. The SMILES string of the molecule is CC(=O)NC1CCCN(C(=O)c2ccc(N)c(Cl)c2)C1. The number of nitrogens with two attached hydrogens (primary N) is 1. The van der Waals surface area contributed by atoms with Gasteiger partial charge in [-0.15, -0.1) is 0 Å². The normalized spacial score (nSPS) is 18.7. The van der Waals surface area contributed by atoms with Crippen LogP contribution in [-0.4, -0.2) is 35.8 Å². The summed E-state index contributed by atoms with van der Waals surface area (Å²) in [7, 11) is 0. The summed E-state index contributed by atoms with van der Waals surface area (Å²) in [5, 5.41) is 3.24. The Balaban J connectivity index is 2.08. The van der Waals surface area contributed by atoms with Gasteiger partial charge in [0.2, 0.25) is 5.91 Å². The van der Waals surface area contributed by atoms with Gasteiger partial charge in [-0.3, -0.25) is 9.59 Å². The van der Waals surface area contributed by atoms with E-state index in [0.29, 0.717) is 29.4 Å². The van der Waals surface area contributed by atoms with Crippen molar-refractivity contribution in [2.75, 3.05) is 18.8 Å². The fraction of sp³-hybridized carbons (Fsp3) is 0.429. The number of piperidine rings is 1. The van der Waals surface area contributed by atoms with Gasteiger partial charge in [-0.05, 0) is 31.0 Å². The second-order valence-electron chi connectivity index (χ2n) is 5.03. The van der Waals surface area contributed by atoms with Crippen molar-refractivity contribution in [2.24, 2.45) is 0 Å². The monoisotopic (exact) mass is 295 g/mol. The molecule has 2 amide bonds. The highest BCUT2D eigenvalue weighted by Gasteiger charge is 2.25. The first-order valence-corrected chi connectivity index (χ1v) is 6.96. The summed E-state index contributed by atoms with van der Waals surface area (Å²) >= 11 is 5.94. The number of amides is 2. The maximum atomic E-state index is 12.4. The van der Waals surface area contributed by atoms with Crippen LogP contribution in [0.3, 0.4) is 0 Å². The van der Waals surface area contributed by atoms with Crippen molar-refractivity contribution >= 4 is 29.1 Å². The number of hydrogen-bond acceptors (Lipinski definition) is 3. The van der Waals surface area contributed by atoms with E-state index in [1.165, 1.54) is 6.92 Å². The fourth-order valence-corrected chi connectivity index (χ4v) is 2.59. The molecule has 1 unspecified atom stereocenters. The average Bonchev–Trinajstić information content (AvgIpc) is 2.40. The van der Waals surface area contributed by atoms with Crippen LogP contribution in [0.4, 0.5) is 5.69 Å². The van der Waals surface area contributed by atoms with Crippen LogP contribution in [0.5, 0.6) is 0 Å². The van der Waals surface area contributed by atoms with E-state index in [1.54, 1.807) is 23.1 Å². The van der Waals surface area contributed by atoms with Gasteiger partial charge in [0.1, 0.15) is 0 Å². The maximum absolute atomic E-state index is 12.4. The molecule has 1 aliphatic rings. The summed E-state index contributed by atoms with van der Waals surface area (Å²) < 4.78 is 0. The van der Waals surface area contributed by atoms with E-state index in [9.17, 15) is 9.59 Å². The molecule has 1 atom stereocenters. The van der Waals surface area contributed by atoms with E-state index in [4.69, 9.17) is 17.3 Å². The van der Waals surface area contributed by atoms with Crippen molar-refractivity contribution in [2.45, 2.75) is 25.8 Å². The molecule has 0 saturated carbocycles. The first-order chi connectivity index (χ1) is 9.47. The lowest BCUT2D eigenvalue weighted by Crippen LogP contribution is -2.49. The minimum absolute atomic E-state index is 0.0226. The zero-order valence-corrected chi connectivity index (χ0v) is 12.1. The molecule has 20 heavy (non-hydrogen) atoms. The van der Waals surface area contributed by atoms with Crippen LogP contribution in [0.25, 0.3) is 0 Å². The second kappa shape index (κ2) is 6.13. The Morgan fingerprint density at radius 1 is 1.45 bits per heavy atom. The van der Waals surface area contributed by atoms with Crippen molar-refractivity contribution in [3.05, 3.63) is 28.8 Å². The predicted molar refractivity (Wildman–Crippen MR) is 78.6 cm³/mol. The number of nitrogens with zero attached hydrogens (tertiary/aromatic N) is 1. The molecule has 1 saturated heterocycles. The molecule has 1 fully saturated rings. The van der Waals surface area contributed by atoms with Gasteiger partial charge < -0.3 is 16.0 Å². The van der Waals surface area contributed by atoms with Gasteiger partial charge in [0.15, 0.2) is 0 Å². The quantitative estimate of drug-likeness (QED) is 0.815. The molecule has 0 aromatic heterocycles. The summed E-state index contributed by atoms with van der Waals surface area (Å²) in [6, 6.07) is 4.91. The molecule has 108 valence electrons. The van der Waals surface area contributed by atoms with Crippen LogP contribution < -0.4 is 11.1 Å². The predicted octanol–water partition coefficient (Wildman–Crippen LogP) is 1.66. The third-order valence-corrected chi connectivity index (χ3v) is 3.69. The van der Waals surface area contributed by atoms with E-state index in [0.717, 1.165) is 12.8 Å². The second-order valence-corrected chi connectivity index (χ2v) is 5.43. The standard InChI is InChI=1S/C14H18ClN3O2/c1-9(19)17-11-3-2-6-18(8-11)14(20)10-4-5-13(16)12(15)7-10/h4-5,7,11H,2-3,6,8,16H2,1H3,(H,17,19). The molecular weight excluding hydrogens is 278 g/mol. The number of carbonyl (C=O) groups excluding carboxylic acids is 2. The van der Waals surface area contributed by atoms with Crippen molar-refractivity contribution in [1.29, 1.82) is 0 Å². The Kier molecular flexibility index (Phi) is 4.49. The minimum atomic E-state index is -0.0815. The van der Waals surface area contributed by atoms with E-state index < -0.39 is 0 Å². The Morgan fingerprint density at radius 2 is 2.20 bits per heavy atom. The van der Waals surface area contributed by atoms with Gasteiger partial charge in [0.05, 0.1) is 10.7 Å². The number of likely N-dealkylation sites (tertiary alicyclic amines) is 1. The number of benzene rings is 1. The molecular formula is C14H18ClN3O2. The Bertz CT molecular complexity index is 533. The largest absolute Gasteiger partial charge is 0.398 e. The maximum Gasteiger partial charge on any atom is 0.253 e. The number of nitrogens with one attached hydrogen (secondary N) is 1. The van der Waals surface area contributed by atoms with Gasteiger partial charge in [-0.2, -0.15) is 0 Å². The molecule has 1 aliphatic heterocycles. The van der Waals surface area contributed by atoms with Crippen LogP contribution >= 0.6 is 11.6 Å². The average molecular weight is 296 g/mol. The highest BCUT2D eigenvalue weighted by atomic mass is 35.5. The lowest BCUT2D eigenvalue weighted by atomic mass is 10.0. The lowest BCUT2D eigenvalue weighted by Gasteiger charge is -2.33. The summed E-state index contributed by atoms with van der Waals surface area (Å²) in [5.74, 6) is -0.151. The van der Waals surface area contributed by atoms with Crippen molar-refractivity contribution in [3.63, 3.8) is 0 Å². The molecule has 1 aromatic rings. The molecule has 0 spiro atoms. The molecule has 1 aromatic carbocycles. The van der Waals surface area contributed by atoms with Crippen molar-refractivity contribution in [1.82, 2.24) is 10.2 Å². The molecule has 5 nitrogen and oxygen atoms in total. The van der Waals surface area contributed by atoms with Crippen LogP contribution in [0.2, 0.25) is 5.02 Å². The highest BCUT2D eigenvalue weighted by molar-refractivity contribution is 6.33. The first kappa shape index (κ1) is 14.7. The summed E-state index contributed by atoms with van der Waals surface area (Å²) in [4.78, 5) is 25.2. The van der Waals surface area contributed by atoms with E-state index in [2.05, 4.69) is 5.32 Å². The molecule has 0 aliphatic carbocycles. The van der Waals surface area contributed by atoms with E-state index in [1.807, 2.05) is 0 Å². The number of carbonyl (C=O) groups is 2.